The lowest BCUT2D eigenvalue weighted by molar-refractivity contribution is 0.0950. The minimum Gasteiger partial charge on any atom is -0.289 e. The van der Waals surface area contributed by atoms with Gasteiger partial charge in [0, 0.05) is 27.6 Å². The van der Waals surface area contributed by atoms with E-state index in [-0.39, 0.29) is 21.9 Å². The molecule has 1 aromatic heterocycles. The summed E-state index contributed by atoms with van der Waals surface area (Å²) in [5, 5.41) is 5.11. The number of hydrogen-bond donors (Lipinski definition) is 1. The molecule has 9 heteroatoms. The summed E-state index contributed by atoms with van der Waals surface area (Å²) in [4.78, 5) is 26.4. The van der Waals surface area contributed by atoms with Gasteiger partial charge in [0.05, 0.1) is 16.1 Å². The molecular weight excluding hydrogens is 481 g/mol. The van der Waals surface area contributed by atoms with Crippen molar-refractivity contribution in [3.8, 4) is 11.3 Å². The number of benzene rings is 4. The fourth-order valence-electron chi connectivity index (χ4n) is 4.40. The molecule has 7 nitrogen and oxygen atoms in total. The van der Waals surface area contributed by atoms with Crippen molar-refractivity contribution in [2.24, 2.45) is 0 Å². The summed E-state index contributed by atoms with van der Waals surface area (Å²) in [5.74, 6) is -1.44. The monoisotopic (exact) mass is 497 g/mol. The SMILES string of the molecule is O=C1c2ccccc2-c2nn(C(=O)c3cccc(S(=O)(=O)Nc4ccccc4F)c3)c3cccc1c23. The van der Waals surface area contributed by atoms with Gasteiger partial charge in [-0.2, -0.15) is 9.78 Å². The van der Waals surface area contributed by atoms with Gasteiger partial charge in [-0.15, -0.1) is 0 Å². The van der Waals surface area contributed by atoms with Crippen LogP contribution in [0.15, 0.2) is 95.9 Å². The van der Waals surface area contributed by atoms with Gasteiger partial charge in [-0.05, 0) is 36.4 Å². The normalized spacial score (nSPS) is 12.4. The Morgan fingerprint density at radius 3 is 2.33 bits per heavy atom. The Kier molecular flexibility index (Phi) is 4.84. The van der Waals surface area contributed by atoms with Gasteiger partial charge in [-0.1, -0.05) is 54.6 Å². The third kappa shape index (κ3) is 3.32. The van der Waals surface area contributed by atoms with Crippen LogP contribution in [0.5, 0.6) is 0 Å². The number of sulfonamides is 1. The van der Waals surface area contributed by atoms with Crippen LogP contribution < -0.4 is 4.72 Å². The number of hydrogen-bond acceptors (Lipinski definition) is 5. The second kappa shape index (κ2) is 7.96. The van der Waals surface area contributed by atoms with E-state index >= 15 is 0 Å². The van der Waals surface area contributed by atoms with Gasteiger partial charge in [0.1, 0.15) is 11.5 Å². The number of nitrogens with one attached hydrogen (secondary N) is 1. The van der Waals surface area contributed by atoms with Crippen LogP contribution in [-0.4, -0.2) is 29.9 Å². The van der Waals surface area contributed by atoms with Gasteiger partial charge >= 0.3 is 0 Å². The molecule has 1 aliphatic rings. The first-order valence-electron chi connectivity index (χ1n) is 10.9. The van der Waals surface area contributed by atoms with E-state index in [2.05, 4.69) is 9.82 Å². The predicted octanol–water partition coefficient (Wildman–Crippen LogP) is 4.88. The fraction of sp³-hybridized carbons (Fsp3) is 0. The van der Waals surface area contributed by atoms with Gasteiger partial charge in [0.25, 0.3) is 15.9 Å². The third-order valence-corrected chi connectivity index (χ3v) is 7.44. The minimum absolute atomic E-state index is 0.0617. The van der Waals surface area contributed by atoms with Crippen molar-refractivity contribution in [2.45, 2.75) is 4.90 Å². The van der Waals surface area contributed by atoms with Crippen LogP contribution in [0, 0.1) is 5.82 Å². The summed E-state index contributed by atoms with van der Waals surface area (Å²) in [6.45, 7) is 0. The molecular formula is C27H16FN3O4S. The lowest BCUT2D eigenvalue weighted by Crippen LogP contribution is -2.17. The van der Waals surface area contributed by atoms with E-state index < -0.39 is 21.7 Å². The van der Waals surface area contributed by atoms with Crippen LogP contribution in [0.1, 0.15) is 26.3 Å². The molecule has 0 saturated carbocycles. The molecule has 1 N–H and O–H groups in total. The van der Waals surface area contributed by atoms with E-state index in [1.54, 1.807) is 42.5 Å². The van der Waals surface area contributed by atoms with Crippen LogP contribution in [0.3, 0.4) is 0 Å². The van der Waals surface area contributed by atoms with E-state index in [0.717, 1.165) is 6.07 Å². The van der Waals surface area contributed by atoms with Crippen LogP contribution in [0.4, 0.5) is 10.1 Å². The van der Waals surface area contributed by atoms with E-state index in [9.17, 15) is 22.4 Å². The largest absolute Gasteiger partial charge is 0.289 e. The lowest BCUT2D eigenvalue weighted by Gasteiger charge is -2.13. The molecule has 6 rings (SSSR count). The standard InChI is InChI=1S/C27H16FN3O4S/c28-21-12-3-4-13-22(21)30-36(34,35)17-8-5-7-16(15-17)27(33)31-23-14-6-11-20-24(23)25(29-31)18-9-1-2-10-19(18)26(20)32/h1-15,30H. The van der Waals surface area contributed by atoms with Crippen molar-refractivity contribution in [1.29, 1.82) is 0 Å². The van der Waals surface area contributed by atoms with E-state index in [1.807, 2.05) is 0 Å². The smallest absolute Gasteiger partial charge is 0.278 e. The van der Waals surface area contributed by atoms with Crippen LogP contribution in [-0.2, 0) is 10.0 Å². The molecule has 0 fully saturated rings. The summed E-state index contributed by atoms with van der Waals surface area (Å²) in [5.41, 5.74) is 2.39. The van der Waals surface area contributed by atoms with Gasteiger partial charge in [-0.25, -0.2) is 12.8 Å². The summed E-state index contributed by atoms with van der Waals surface area (Å²) >= 11 is 0. The number of fused-ring (bicyclic) bond motifs is 2. The van der Waals surface area contributed by atoms with Gasteiger partial charge in [0.15, 0.2) is 5.78 Å². The molecule has 0 saturated heterocycles. The first kappa shape index (κ1) is 21.9. The Hall–Kier alpha value is -4.63. The summed E-state index contributed by atoms with van der Waals surface area (Å²) < 4.78 is 43.2. The molecule has 0 spiro atoms. The first-order valence-corrected chi connectivity index (χ1v) is 12.4. The lowest BCUT2D eigenvalue weighted by atomic mass is 9.87. The Bertz CT molecular complexity index is 1840. The van der Waals surface area contributed by atoms with Crippen molar-refractivity contribution >= 4 is 38.3 Å². The van der Waals surface area contributed by atoms with Crippen molar-refractivity contribution in [3.63, 3.8) is 0 Å². The highest BCUT2D eigenvalue weighted by atomic mass is 32.2. The zero-order valence-corrected chi connectivity index (χ0v) is 19.3. The highest BCUT2D eigenvalue weighted by Gasteiger charge is 2.30. The fourth-order valence-corrected chi connectivity index (χ4v) is 5.51. The van der Waals surface area contributed by atoms with E-state index in [0.29, 0.717) is 33.3 Å². The number of carbonyl (C=O) groups is 2. The van der Waals surface area contributed by atoms with Gasteiger partial charge < -0.3 is 0 Å². The molecule has 0 aliphatic heterocycles. The number of para-hydroxylation sites is 1. The Balaban J connectivity index is 1.44. The summed E-state index contributed by atoms with van der Waals surface area (Å²) in [7, 11) is -4.18. The summed E-state index contributed by atoms with van der Waals surface area (Å²) in [6.07, 6.45) is 0. The zero-order chi connectivity index (χ0) is 25.0. The average molecular weight is 498 g/mol. The van der Waals surface area contributed by atoms with Crippen LogP contribution in [0.2, 0.25) is 0 Å². The number of halogens is 1. The third-order valence-electron chi connectivity index (χ3n) is 6.08. The maximum Gasteiger partial charge on any atom is 0.278 e. The first-order chi connectivity index (χ1) is 17.3. The van der Waals surface area contributed by atoms with Crippen molar-refractivity contribution < 1.29 is 22.4 Å². The highest BCUT2D eigenvalue weighted by molar-refractivity contribution is 7.92. The molecule has 0 atom stereocenters. The van der Waals surface area contributed by atoms with Crippen molar-refractivity contribution in [1.82, 2.24) is 9.78 Å². The van der Waals surface area contributed by atoms with Crippen LogP contribution in [0.25, 0.3) is 22.2 Å². The minimum atomic E-state index is -4.18. The molecule has 0 bridgehead atoms. The molecule has 0 unspecified atom stereocenters. The number of ketones is 1. The predicted molar refractivity (Wildman–Crippen MR) is 132 cm³/mol. The number of aromatic nitrogens is 2. The maximum atomic E-state index is 14.0. The maximum absolute atomic E-state index is 14.0. The molecule has 1 heterocycles. The Morgan fingerprint density at radius 1 is 0.833 bits per heavy atom. The molecule has 5 aromatic rings. The Labute approximate surface area is 204 Å². The van der Waals surface area contributed by atoms with Crippen molar-refractivity contribution in [2.75, 3.05) is 4.72 Å². The molecule has 0 radical (unpaired) electrons. The summed E-state index contributed by atoms with van der Waals surface area (Å²) in [6, 6.07) is 22.9. The second-order valence-corrected chi connectivity index (χ2v) is 9.94. The molecule has 1 aliphatic carbocycles. The highest BCUT2D eigenvalue weighted by Crippen LogP contribution is 2.38. The van der Waals surface area contributed by atoms with Crippen LogP contribution >= 0.6 is 0 Å². The van der Waals surface area contributed by atoms with E-state index in [1.165, 1.54) is 47.1 Å². The Morgan fingerprint density at radius 2 is 1.53 bits per heavy atom. The number of carbonyl (C=O) groups excluding carboxylic acids is 2. The van der Waals surface area contributed by atoms with Gasteiger partial charge in [-0.3, -0.25) is 14.3 Å². The molecule has 36 heavy (non-hydrogen) atoms. The number of rotatable bonds is 4. The quantitative estimate of drug-likeness (QED) is 0.375. The second-order valence-electron chi connectivity index (χ2n) is 8.25. The van der Waals surface area contributed by atoms with E-state index in [4.69, 9.17) is 0 Å². The number of nitrogens with zero attached hydrogens (tertiary/aromatic N) is 2. The molecule has 0 amide bonds. The molecule has 176 valence electrons. The van der Waals surface area contributed by atoms with Gasteiger partial charge in [0.2, 0.25) is 0 Å². The van der Waals surface area contributed by atoms with Crippen molar-refractivity contribution in [3.05, 3.63) is 114 Å². The average Bonchev–Trinajstić information content (AvgIpc) is 3.29. The number of anilines is 1. The molecule has 4 aromatic carbocycles. The zero-order valence-electron chi connectivity index (χ0n) is 18.5. The topological polar surface area (TPSA) is 98.1 Å².